The summed E-state index contributed by atoms with van der Waals surface area (Å²) in [5.74, 6) is 3.84. The Morgan fingerprint density at radius 1 is 0.812 bits per heavy atom. The lowest BCUT2D eigenvalue weighted by Crippen LogP contribution is -2.25. The molecule has 1 heteroatoms. The first-order valence-electron chi connectivity index (χ1n) is 6.59. The Morgan fingerprint density at radius 2 is 1.44 bits per heavy atom. The first-order valence-corrected chi connectivity index (χ1v) is 7.38. The van der Waals surface area contributed by atoms with Gasteiger partial charge in [0.15, 0.2) is 0 Å². The second kappa shape index (κ2) is 3.35. The number of benzene rings is 1. The first kappa shape index (κ1) is 9.70. The van der Waals surface area contributed by atoms with E-state index in [9.17, 15) is 0 Å². The molecule has 0 nitrogen and oxygen atoms in total. The van der Waals surface area contributed by atoms with E-state index in [-0.39, 0.29) is 0 Å². The summed E-state index contributed by atoms with van der Waals surface area (Å²) in [5.41, 5.74) is 3.38. The van der Waals surface area contributed by atoms with Crippen LogP contribution < -0.4 is 0 Å². The monoisotopic (exact) mass is 276 g/mol. The fraction of sp³-hybridized carbons (Fsp3) is 0.600. The molecule has 5 rings (SSSR count). The van der Waals surface area contributed by atoms with Crippen molar-refractivity contribution in [3.05, 3.63) is 33.8 Å². The highest BCUT2D eigenvalue weighted by Gasteiger charge is 2.41. The van der Waals surface area contributed by atoms with Gasteiger partial charge in [0.2, 0.25) is 0 Å². The van der Waals surface area contributed by atoms with Gasteiger partial charge in [-0.25, -0.2) is 0 Å². The Bertz CT molecular complexity index is 423. The van der Waals surface area contributed by atoms with E-state index in [2.05, 4.69) is 34.1 Å². The lowest BCUT2D eigenvalue weighted by molar-refractivity contribution is 0.166. The molecule has 4 aliphatic carbocycles. The van der Waals surface area contributed by atoms with E-state index in [1.165, 1.54) is 36.6 Å². The van der Waals surface area contributed by atoms with Gasteiger partial charge in [-0.1, -0.05) is 22.0 Å². The van der Waals surface area contributed by atoms with Crippen molar-refractivity contribution in [1.29, 1.82) is 0 Å². The van der Waals surface area contributed by atoms with Crippen molar-refractivity contribution in [2.45, 2.75) is 43.9 Å². The third-order valence-electron chi connectivity index (χ3n) is 5.07. The van der Waals surface area contributed by atoms with Crippen LogP contribution in [0.3, 0.4) is 0 Å². The fourth-order valence-corrected chi connectivity index (χ4v) is 5.01. The van der Waals surface area contributed by atoms with Crippen LogP contribution in [0.1, 0.15) is 55.1 Å². The maximum atomic E-state index is 3.64. The molecule has 2 saturated carbocycles. The molecule has 1 aromatic rings. The molecule has 0 radical (unpaired) electrons. The summed E-state index contributed by atoms with van der Waals surface area (Å²) < 4.78 is 1.27. The second-order valence-electron chi connectivity index (χ2n) is 6.08. The van der Waals surface area contributed by atoms with E-state index in [0.29, 0.717) is 0 Å². The van der Waals surface area contributed by atoms with Gasteiger partial charge in [0, 0.05) is 4.47 Å². The molecule has 0 saturated heterocycles. The van der Waals surface area contributed by atoms with E-state index in [0.717, 1.165) is 23.7 Å². The third-order valence-corrected chi connectivity index (χ3v) is 5.56. The van der Waals surface area contributed by atoms with Crippen molar-refractivity contribution in [2.75, 3.05) is 0 Å². The van der Waals surface area contributed by atoms with Gasteiger partial charge in [0.05, 0.1) is 0 Å². The van der Waals surface area contributed by atoms with E-state index in [1.807, 2.05) is 0 Å². The highest BCUT2D eigenvalue weighted by molar-refractivity contribution is 9.10. The maximum absolute atomic E-state index is 3.64. The molecule has 0 aliphatic heterocycles. The molecule has 4 bridgehead atoms. The average Bonchev–Trinajstić information content (AvgIpc) is 2.41. The minimum absolute atomic E-state index is 0.878. The van der Waals surface area contributed by atoms with Crippen LogP contribution >= 0.6 is 15.9 Å². The predicted octanol–water partition coefficient (Wildman–Crippen LogP) is 4.84. The van der Waals surface area contributed by atoms with Gasteiger partial charge in [0.1, 0.15) is 0 Å². The Balaban J connectivity index is 1.90. The van der Waals surface area contributed by atoms with Gasteiger partial charge in [0.25, 0.3) is 0 Å². The molecule has 4 aliphatic rings. The zero-order valence-corrected chi connectivity index (χ0v) is 11.0. The summed E-state index contributed by atoms with van der Waals surface area (Å²) in [5, 5.41) is 0. The summed E-state index contributed by atoms with van der Waals surface area (Å²) >= 11 is 3.64. The van der Waals surface area contributed by atoms with Crippen LogP contribution in [-0.2, 0) is 0 Å². The van der Waals surface area contributed by atoms with Crippen LogP contribution in [0.4, 0.5) is 0 Å². The number of rotatable bonds is 0. The molecule has 0 N–H and O–H groups in total. The summed E-state index contributed by atoms with van der Waals surface area (Å²) in [6.07, 6.45) is 7.42. The molecule has 0 spiro atoms. The average molecular weight is 277 g/mol. The minimum Gasteiger partial charge on any atom is -0.0574 e. The van der Waals surface area contributed by atoms with Crippen molar-refractivity contribution in [1.82, 2.24) is 0 Å². The molecule has 84 valence electrons. The van der Waals surface area contributed by atoms with E-state index in [1.54, 1.807) is 11.1 Å². The van der Waals surface area contributed by atoms with Crippen molar-refractivity contribution in [2.24, 2.45) is 11.8 Å². The quantitative estimate of drug-likeness (QED) is 0.636. The zero-order valence-electron chi connectivity index (χ0n) is 9.45. The van der Waals surface area contributed by atoms with E-state index >= 15 is 0 Å². The van der Waals surface area contributed by atoms with Gasteiger partial charge < -0.3 is 0 Å². The highest BCUT2D eigenvalue weighted by Crippen LogP contribution is 2.56. The molecule has 0 aromatic heterocycles. The van der Waals surface area contributed by atoms with Crippen LogP contribution in [0.25, 0.3) is 0 Å². The summed E-state index contributed by atoms with van der Waals surface area (Å²) in [7, 11) is 0. The van der Waals surface area contributed by atoms with Gasteiger partial charge >= 0.3 is 0 Å². The molecule has 2 atom stereocenters. The van der Waals surface area contributed by atoms with E-state index in [4.69, 9.17) is 0 Å². The van der Waals surface area contributed by atoms with Crippen LogP contribution in [0.2, 0.25) is 0 Å². The Kier molecular flexibility index (Phi) is 2.03. The molecular weight excluding hydrogens is 260 g/mol. The highest BCUT2D eigenvalue weighted by atomic mass is 79.9. The lowest BCUT2D eigenvalue weighted by atomic mass is 9.67. The third kappa shape index (κ3) is 1.33. The maximum Gasteiger partial charge on any atom is 0.0178 e. The summed E-state index contributed by atoms with van der Waals surface area (Å²) in [4.78, 5) is 0. The largest absolute Gasteiger partial charge is 0.0574 e. The second-order valence-corrected chi connectivity index (χ2v) is 6.99. The molecular formula is C15H17Br. The normalized spacial score (nSPS) is 39.6. The van der Waals surface area contributed by atoms with Crippen LogP contribution in [0.5, 0.6) is 0 Å². The molecule has 1 aromatic carbocycles. The standard InChI is InChI=1S/C15H17Br/c16-13-1-2-14-11-4-9-3-10(5-11)7-12(6-9)15(14)8-13/h1-2,8-12H,3-7H2/t9-,10-,11?,12?/m0/s1. The van der Waals surface area contributed by atoms with Crippen LogP contribution in [0.15, 0.2) is 22.7 Å². The Hall–Kier alpha value is -0.300. The van der Waals surface area contributed by atoms with Gasteiger partial charge in [-0.2, -0.15) is 0 Å². The number of hydrogen-bond acceptors (Lipinski definition) is 0. The SMILES string of the molecule is Brc1ccc2c(c1)C1C[C@@H]3CC2C[C@@H](C1)C3. The molecule has 0 amide bonds. The summed E-state index contributed by atoms with van der Waals surface area (Å²) in [6.45, 7) is 0. The molecule has 0 unspecified atom stereocenters. The van der Waals surface area contributed by atoms with Crippen molar-refractivity contribution >= 4 is 15.9 Å². The fourth-order valence-electron chi connectivity index (χ4n) is 4.63. The van der Waals surface area contributed by atoms with Gasteiger partial charge in [-0.05, 0) is 79.0 Å². The van der Waals surface area contributed by atoms with Crippen molar-refractivity contribution in [3.8, 4) is 0 Å². The van der Waals surface area contributed by atoms with E-state index < -0.39 is 0 Å². The lowest BCUT2D eigenvalue weighted by Gasteiger charge is -2.38. The van der Waals surface area contributed by atoms with Crippen molar-refractivity contribution in [3.63, 3.8) is 0 Å². The number of hydrogen-bond donors (Lipinski definition) is 0. The predicted molar refractivity (Wildman–Crippen MR) is 69.7 cm³/mol. The van der Waals surface area contributed by atoms with Gasteiger partial charge in [-0.3, -0.25) is 0 Å². The van der Waals surface area contributed by atoms with Crippen molar-refractivity contribution < 1.29 is 0 Å². The smallest absolute Gasteiger partial charge is 0.0178 e. The Morgan fingerprint density at radius 3 is 2.12 bits per heavy atom. The van der Waals surface area contributed by atoms with Crippen LogP contribution in [-0.4, -0.2) is 0 Å². The summed E-state index contributed by atoms with van der Waals surface area (Å²) in [6, 6.07) is 7.04. The first-order chi connectivity index (χ1) is 7.79. The zero-order chi connectivity index (χ0) is 10.7. The molecule has 0 heterocycles. The van der Waals surface area contributed by atoms with Crippen LogP contribution in [0, 0.1) is 11.8 Å². The van der Waals surface area contributed by atoms with Gasteiger partial charge in [-0.15, -0.1) is 0 Å². The topological polar surface area (TPSA) is 0 Å². The minimum atomic E-state index is 0.878. The molecule has 2 fully saturated rings. The Labute approximate surface area is 106 Å². The number of halogens is 1. The molecule has 16 heavy (non-hydrogen) atoms.